The van der Waals surface area contributed by atoms with Gasteiger partial charge in [-0.3, -0.25) is 0 Å². The predicted molar refractivity (Wildman–Crippen MR) is 120 cm³/mol. The van der Waals surface area contributed by atoms with Crippen LogP contribution in [0.15, 0.2) is 42.7 Å². The van der Waals surface area contributed by atoms with Crippen LogP contribution in [0, 0.1) is 0 Å². The monoisotopic (exact) mass is 474 g/mol. The first-order valence-corrected chi connectivity index (χ1v) is 9.95. The number of aromatic nitrogens is 4. The van der Waals surface area contributed by atoms with E-state index in [2.05, 4.69) is 20.3 Å². The summed E-state index contributed by atoms with van der Waals surface area (Å²) in [7, 11) is 4.51. The van der Waals surface area contributed by atoms with E-state index in [9.17, 15) is 13.2 Å². The van der Waals surface area contributed by atoms with Crippen molar-refractivity contribution in [2.75, 3.05) is 32.4 Å². The van der Waals surface area contributed by atoms with Crippen molar-refractivity contribution in [2.24, 2.45) is 0 Å². The van der Waals surface area contributed by atoms with E-state index < -0.39 is 11.7 Å². The summed E-state index contributed by atoms with van der Waals surface area (Å²) in [5.74, 6) is 1.64. The molecule has 178 valence electrons. The Labute approximate surface area is 192 Å². The number of ether oxygens (including phenoxy) is 3. The number of alkyl halides is 3. The van der Waals surface area contributed by atoms with Crippen LogP contribution in [-0.2, 0) is 12.7 Å². The minimum Gasteiger partial charge on any atom is -0.493 e. The quantitative estimate of drug-likeness (QED) is 0.409. The molecule has 0 aliphatic rings. The van der Waals surface area contributed by atoms with Gasteiger partial charge in [0.2, 0.25) is 11.7 Å². The Kier molecular flexibility index (Phi) is 6.05. The Morgan fingerprint density at radius 2 is 1.62 bits per heavy atom. The summed E-state index contributed by atoms with van der Waals surface area (Å²) >= 11 is 0. The smallest absolute Gasteiger partial charge is 0.416 e. The maximum Gasteiger partial charge on any atom is 0.416 e. The van der Waals surface area contributed by atoms with E-state index in [4.69, 9.17) is 19.9 Å². The van der Waals surface area contributed by atoms with Gasteiger partial charge in [-0.25, -0.2) is 4.98 Å². The number of rotatable bonds is 7. The maximum absolute atomic E-state index is 12.8. The van der Waals surface area contributed by atoms with Crippen LogP contribution in [0.5, 0.6) is 17.2 Å². The number of halogens is 3. The lowest BCUT2D eigenvalue weighted by Gasteiger charge is -2.15. The number of nitrogens with zero attached hydrogens (tertiary/aromatic N) is 4. The van der Waals surface area contributed by atoms with Crippen LogP contribution in [0.1, 0.15) is 11.1 Å². The molecule has 0 unspecified atom stereocenters. The topological polar surface area (TPSA) is 109 Å². The Bertz CT molecular complexity index is 1300. The lowest BCUT2D eigenvalue weighted by atomic mass is 10.1. The number of imidazole rings is 1. The Hall–Kier alpha value is -4.22. The summed E-state index contributed by atoms with van der Waals surface area (Å²) in [5, 5.41) is 3.06. The number of hydrogen-bond donors (Lipinski definition) is 2. The molecule has 0 aliphatic carbocycles. The van der Waals surface area contributed by atoms with Crippen LogP contribution in [-0.4, -0.2) is 40.8 Å². The van der Waals surface area contributed by atoms with E-state index >= 15 is 0 Å². The van der Waals surface area contributed by atoms with Crippen molar-refractivity contribution < 1.29 is 27.4 Å². The molecule has 0 saturated heterocycles. The van der Waals surface area contributed by atoms with Gasteiger partial charge < -0.3 is 29.8 Å². The molecule has 0 spiro atoms. The zero-order chi connectivity index (χ0) is 24.5. The molecule has 3 N–H and O–H groups in total. The molecule has 0 bridgehead atoms. The number of anilines is 3. The summed E-state index contributed by atoms with van der Waals surface area (Å²) < 4.78 is 56.2. The van der Waals surface area contributed by atoms with Crippen LogP contribution in [0.2, 0.25) is 0 Å². The van der Waals surface area contributed by atoms with Gasteiger partial charge in [0.15, 0.2) is 23.0 Å². The summed E-state index contributed by atoms with van der Waals surface area (Å²) in [6, 6.07) is 8.27. The van der Waals surface area contributed by atoms with Gasteiger partial charge in [-0.15, -0.1) is 0 Å². The molecule has 2 aromatic carbocycles. The van der Waals surface area contributed by atoms with Crippen molar-refractivity contribution in [3.8, 4) is 17.2 Å². The third kappa shape index (κ3) is 4.47. The number of hydrogen-bond acceptors (Lipinski definition) is 8. The SMILES string of the molecule is COc1cc(Nc2nc(N)c3ncn(Cc4ccc(C(F)(F)F)cc4)c3n2)cc(OC)c1OC. The second-order valence-corrected chi connectivity index (χ2v) is 7.21. The van der Waals surface area contributed by atoms with Crippen LogP contribution in [0.4, 0.5) is 30.6 Å². The second kappa shape index (κ2) is 8.96. The molecular weight excluding hydrogens is 453 g/mol. The zero-order valence-electron chi connectivity index (χ0n) is 18.5. The molecule has 0 radical (unpaired) electrons. The molecule has 0 amide bonds. The molecule has 12 heteroatoms. The summed E-state index contributed by atoms with van der Waals surface area (Å²) in [6.45, 7) is 0.245. The first kappa shape index (κ1) is 23.0. The average molecular weight is 474 g/mol. The van der Waals surface area contributed by atoms with Crippen molar-refractivity contribution in [1.82, 2.24) is 19.5 Å². The zero-order valence-corrected chi connectivity index (χ0v) is 18.5. The molecule has 34 heavy (non-hydrogen) atoms. The standard InChI is InChI=1S/C22H21F3N6O3/c1-32-15-8-14(9-16(33-2)18(15)34-3)28-21-29-19(26)17-20(30-21)31(11-27-17)10-12-4-6-13(7-5-12)22(23,24)25/h4-9,11H,10H2,1-3H3,(H3,26,28,29,30). The number of nitrogens with two attached hydrogens (primary N) is 1. The molecular formula is C22H21F3N6O3. The molecule has 0 saturated carbocycles. The number of benzene rings is 2. The molecule has 4 aromatic rings. The van der Waals surface area contributed by atoms with E-state index in [1.54, 1.807) is 16.7 Å². The van der Waals surface area contributed by atoms with Crippen molar-refractivity contribution in [1.29, 1.82) is 0 Å². The third-order valence-corrected chi connectivity index (χ3v) is 5.05. The van der Waals surface area contributed by atoms with Crippen molar-refractivity contribution in [2.45, 2.75) is 12.7 Å². The summed E-state index contributed by atoms with van der Waals surface area (Å²) in [6.07, 6.45) is -2.88. The lowest BCUT2D eigenvalue weighted by Crippen LogP contribution is -2.07. The number of nitrogen functional groups attached to an aromatic ring is 1. The highest BCUT2D eigenvalue weighted by atomic mass is 19.4. The van der Waals surface area contributed by atoms with Crippen LogP contribution < -0.4 is 25.3 Å². The van der Waals surface area contributed by atoms with E-state index in [1.807, 2.05) is 0 Å². The van der Waals surface area contributed by atoms with Gasteiger partial charge >= 0.3 is 6.18 Å². The predicted octanol–water partition coefficient (Wildman–Crippen LogP) is 4.25. The third-order valence-electron chi connectivity index (χ3n) is 5.05. The molecule has 2 aromatic heterocycles. The minimum absolute atomic E-state index is 0.145. The van der Waals surface area contributed by atoms with Gasteiger partial charge in [0.05, 0.1) is 39.8 Å². The van der Waals surface area contributed by atoms with Gasteiger partial charge in [0.25, 0.3) is 0 Å². The normalized spacial score (nSPS) is 11.5. The average Bonchev–Trinajstić information content (AvgIpc) is 3.21. The second-order valence-electron chi connectivity index (χ2n) is 7.21. The van der Waals surface area contributed by atoms with E-state index in [0.717, 1.165) is 12.1 Å². The number of methoxy groups -OCH3 is 3. The molecule has 0 atom stereocenters. The Morgan fingerprint density at radius 1 is 0.971 bits per heavy atom. The summed E-state index contributed by atoms with van der Waals surface area (Å²) in [4.78, 5) is 13.0. The Morgan fingerprint density at radius 3 is 2.18 bits per heavy atom. The molecule has 0 aliphatic heterocycles. The fourth-order valence-corrected chi connectivity index (χ4v) is 3.42. The highest BCUT2D eigenvalue weighted by molar-refractivity contribution is 5.83. The first-order valence-electron chi connectivity index (χ1n) is 9.95. The highest BCUT2D eigenvalue weighted by Gasteiger charge is 2.30. The summed E-state index contributed by atoms with van der Waals surface area (Å²) in [5.41, 5.74) is 7.36. The minimum atomic E-state index is -4.39. The number of nitrogens with one attached hydrogen (secondary N) is 1. The van der Waals surface area contributed by atoms with Crippen molar-refractivity contribution in [3.63, 3.8) is 0 Å². The van der Waals surface area contributed by atoms with Gasteiger partial charge in [-0.05, 0) is 17.7 Å². The maximum atomic E-state index is 12.8. The highest BCUT2D eigenvalue weighted by Crippen LogP contribution is 2.40. The lowest BCUT2D eigenvalue weighted by molar-refractivity contribution is -0.137. The van der Waals surface area contributed by atoms with Crippen LogP contribution in [0.25, 0.3) is 11.2 Å². The van der Waals surface area contributed by atoms with E-state index in [1.165, 1.54) is 39.8 Å². The Balaban J connectivity index is 1.66. The largest absolute Gasteiger partial charge is 0.493 e. The fourth-order valence-electron chi connectivity index (χ4n) is 3.42. The molecule has 4 rings (SSSR count). The first-order chi connectivity index (χ1) is 16.2. The van der Waals surface area contributed by atoms with E-state index in [-0.39, 0.29) is 18.3 Å². The van der Waals surface area contributed by atoms with Crippen LogP contribution in [0.3, 0.4) is 0 Å². The molecule has 9 nitrogen and oxygen atoms in total. The fraction of sp³-hybridized carbons (Fsp3) is 0.227. The van der Waals surface area contributed by atoms with Gasteiger partial charge in [0, 0.05) is 17.8 Å². The van der Waals surface area contributed by atoms with Gasteiger partial charge in [0.1, 0.15) is 5.52 Å². The van der Waals surface area contributed by atoms with Gasteiger partial charge in [-0.1, -0.05) is 12.1 Å². The van der Waals surface area contributed by atoms with Crippen molar-refractivity contribution >= 4 is 28.6 Å². The molecule has 0 fully saturated rings. The van der Waals surface area contributed by atoms with E-state index in [0.29, 0.717) is 39.7 Å². The van der Waals surface area contributed by atoms with Gasteiger partial charge in [-0.2, -0.15) is 23.1 Å². The van der Waals surface area contributed by atoms with Crippen molar-refractivity contribution in [3.05, 3.63) is 53.9 Å². The number of fused-ring (bicyclic) bond motifs is 1. The molecule has 2 heterocycles. The van der Waals surface area contributed by atoms with Crippen LogP contribution >= 0.6 is 0 Å².